The summed E-state index contributed by atoms with van der Waals surface area (Å²) >= 11 is 0. The number of rotatable bonds is 7. The topological polar surface area (TPSA) is 66.4 Å². The van der Waals surface area contributed by atoms with Crippen LogP contribution in [0.15, 0.2) is 24.3 Å². The number of aliphatic hydroxyl groups is 1. The molecule has 4 heteroatoms. The lowest BCUT2D eigenvalue weighted by molar-refractivity contribution is -0.123. The summed E-state index contributed by atoms with van der Waals surface area (Å²) in [6, 6.07) is 7.50. The van der Waals surface area contributed by atoms with Gasteiger partial charge in [0.2, 0.25) is 5.91 Å². The lowest BCUT2D eigenvalue weighted by Gasteiger charge is -2.28. The molecule has 1 amide bonds. The highest BCUT2D eigenvalue weighted by molar-refractivity contribution is 5.98. The summed E-state index contributed by atoms with van der Waals surface area (Å²) in [7, 11) is 0. The molecule has 1 aromatic carbocycles. The van der Waals surface area contributed by atoms with E-state index in [4.69, 9.17) is 0 Å². The highest BCUT2D eigenvalue weighted by Gasteiger charge is 2.24. The molecule has 0 aliphatic heterocycles. The normalized spacial score (nSPS) is 21.0. The second-order valence-corrected chi connectivity index (χ2v) is 6.40. The Bertz CT molecular complexity index is 524. The zero-order valence-electron chi connectivity index (χ0n) is 13.9. The summed E-state index contributed by atoms with van der Waals surface area (Å²) in [5.74, 6) is -0.153. The van der Waals surface area contributed by atoms with Gasteiger partial charge in [-0.25, -0.2) is 0 Å². The first-order valence-electron chi connectivity index (χ1n) is 8.69. The number of Topliss-reactive ketones (excluding diaryl/α,β-unsaturated/α-hetero) is 1. The first kappa shape index (κ1) is 17.7. The Hall–Kier alpha value is -1.68. The third kappa shape index (κ3) is 5.47. The van der Waals surface area contributed by atoms with Crippen molar-refractivity contribution in [3.8, 4) is 0 Å². The van der Waals surface area contributed by atoms with Crippen LogP contribution < -0.4 is 5.32 Å². The molecule has 1 aromatic rings. The SMILES string of the molecule is CCCc1ccc(C(=O)CCC(=O)NC2CCCCC2O)cc1. The number of aliphatic hydroxyl groups excluding tert-OH is 1. The first-order valence-corrected chi connectivity index (χ1v) is 8.69. The van der Waals surface area contributed by atoms with Crippen LogP contribution in [0.3, 0.4) is 0 Å². The van der Waals surface area contributed by atoms with Gasteiger partial charge in [0, 0.05) is 18.4 Å². The number of aryl methyl sites for hydroxylation is 1. The average molecular weight is 317 g/mol. The van der Waals surface area contributed by atoms with Gasteiger partial charge in [-0.3, -0.25) is 9.59 Å². The molecule has 126 valence electrons. The molecule has 4 nitrogen and oxygen atoms in total. The monoisotopic (exact) mass is 317 g/mol. The van der Waals surface area contributed by atoms with Gasteiger partial charge in [-0.05, 0) is 24.8 Å². The molecule has 0 spiro atoms. The van der Waals surface area contributed by atoms with E-state index in [1.54, 1.807) is 0 Å². The van der Waals surface area contributed by atoms with E-state index in [0.717, 1.165) is 38.5 Å². The molecule has 2 atom stereocenters. The molecule has 0 saturated heterocycles. The second kappa shape index (κ2) is 8.82. The molecule has 1 saturated carbocycles. The molecule has 1 aliphatic rings. The van der Waals surface area contributed by atoms with Crippen molar-refractivity contribution in [2.75, 3.05) is 0 Å². The zero-order valence-corrected chi connectivity index (χ0v) is 13.9. The van der Waals surface area contributed by atoms with E-state index < -0.39 is 6.10 Å². The Morgan fingerprint density at radius 2 is 1.83 bits per heavy atom. The van der Waals surface area contributed by atoms with E-state index in [1.807, 2.05) is 24.3 Å². The lowest BCUT2D eigenvalue weighted by atomic mass is 9.92. The van der Waals surface area contributed by atoms with Crippen LogP contribution in [-0.2, 0) is 11.2 Å². The van der Waals surface area contributed by atoms with Gasteiger partial charge >= 0.3 is 0 Å². The van der Waals surface area contributed by atoms with Crippen molar-refractivity contribution in [3.63, 3.8) is 0 Å². The Balaban J connectivity index is 1.77. The smallest absolute Gasteiger partial charge is 0.220 e. The highest BCUT2D eigenvalue weighted by Crippen LogP contribution is 2.18. The van der Waals surface area contributed by atoms with E-state index in [0.29, 0.717) is 5.56 Å². The fourth-order valence-corrected chi connectivity index (χ4v) is 3.08. The van der Waals surface area contributed by atoms with Crippen LogP contribution in [0.25, 0.3) is 0 Å². The molecule has 1 fully saturated rings. The summed E-state index contributed by atoms with van der Waals surface area (Å²) < 4.78 is 0. The van der Waals surface area contributed by atoms with Crippen LogP contribution in [0, 0.1) is 0 Å². The largest absolute Gasteiger partial charge is 0.391 e. The van der Waals surface area contributed by atoms with Gasteiger partial charge in [0.15, 0.2) is 5.78 Å². The lowest BCUT2D eigenvalue weighted by Crippen LogP contribution is -2.45. The van der Waals surface area contributed by atoms with Gasteiger partial charge in [0.1, 0.15) is 0 Å². The summed E-state index contributed by atoms with van der Waals surface area (Å²) in [5.41, 5.74) is 1.89. The van der Waals surface area contributed by atoms with E-state index in [2.05, 4.69) is 12.2 Å². The molecule has 0 radical (unpaired) electrons. The minimum atomic E-state index is -0.450. The zero-order chi connectivity index (χ0) is 16.7. The fourth-order valence-electron chi connectivity index (χ4n) is 3.08. The molecule has 2 unspecified atom stereocenters. The minimum absolute atomic E-state index is 0.00705. The van der Waals surface area contributed by atoms with E-state index in [-0.39, 0.29) is 30.6 Å². The van der Waals surface area contributed by atoms with Gasteiger partial charge in [0.25, 0.3) is 0 Å². The van der Waals surface area contributed by atoms with Crippen LogP contribution in [0.4, 0.5) is 0 Å². The molecule has 23 heavy (non-hydrogen) atoms. The summed E-state index contributed by atoms with van der Waals surface area (Å²) in [4.78, 5) is 24.1. The van der Waals surface area contributed by atoms with Gasteiger partial charge < -0.3 is 10.4 Å². The van der Waals surface area contributed by atoms with Crippen LogP contribution >= 0.6 is 0 Å². The summed E-state index contributed by atoms with van der Waals surface area (Å²) in [6.07, 6.45) is 5.65. The number of carbonyl (C=O) groups excluding carboxylic acids is 2. The molecule has 2 rings (SSSR count). The van der Waals surface area contributed by atoms with Crippen molar-refractivity contribution in [1.82, 2.24) is 5.32 Å². The van der Waals surface area contributed by atoms with E-state index >= 15 is 0 Å². The molecular weight excluding hydrogens is 290 g/mol. The van der Waals surface area contributed by atoms with Gasteiger partial charge in [0.05, 0.1) is 12.1 Å². The van der Waals surface area contributed by atoms with Crippen molar-refractivity contribution < 1.29 is 14.7 Å². The number of benzene rings is 1. The van der Waals surface area contributed by atoms with E-state index in [9.17, 15) is 14.7 Å². The van der Waals surface area contributed by atoms with Crippen molar-refractivity contribution in [1.29, 1.82) is 0 Å². The summed E-state index contributed by atoms with van der Waals surface area (Å²) in [5, 5.41) is 12.7. The highest BCUT2D eigenvalue weighted by atomic mass is 16.3. The predicted octanol–water partition coefficient (Wildman–Crippen LogP) is 3.02. The van der Waals surface area contributed by atoms with Gasteiger partial charge in [-0.2, -0.15) is 0 Å². The number of hydrogen-bond donors (Lipinski definition) is 2. The van der Waals surface area contributed by atoms with Crippen molar-refractivity contribution in [2.45, 2.75) is 70.4 Å². The number of ketones is 1. The molecule has 0 aromatic heterocycles. The van der Waals surface area contributed by atoms with Crippen LogP contribution in [0.2, 0.25) is 0 Å². The maximum absolute atomic E-state index is 12.1. The first-order chi connectivity index (χ1) is 11.1. The predicted molar refractivity (Wildman–Crippen MR) is 90.4 cm³/mol. The van der Waals surface area contributed by atoms with Crippen LogP contribution in [-0.4, -0.2) is 28.9 Å². The third-order valence-electron chi connectivity index (χ3n) is 4.47. The average Bonchev–Trinajstić information content (AvgIpc) is 2.56. The standard InChI is InChI=1S/C19H27NO3/c1-2-5-14-8-10-15(11-9-14)17(21)12-13-19(23)20-16-6-3-4-7-18(16)22/h8-11,16,18,22H,2-7,12-13H2,1H3,(H,20,23). The molecule has 1 aliphatic carbocycles. The third-order valence-corrected chi connectivity index (χ3v) is 4.47. The van der Waals surface area contributed by atoms with Crippen LogP contribution in [0.5, 0.6) is 0 Å². The molecule has 0 heterocycles. The number of carbonyl (C=O) groups is 2. The molecule has 2 N–H and O–H groups in total. The number of nitrogens with one attached hydrogen (secondary N) is 1. The molecule has 0 bridgehead atoms. The maximum Gasteiger partial charge on any atom is 0.220 e. The van der Waals surface area contributed by atoms with Crippen molar-refractivity contribution >= 4 is 11.7 Å². The van der Waals surface area contributed by atoms with E-state index in [1.165, 1.54) is 5.56 Å². The molecular formula is C19H27NO3. The summed E-state index contributed by atoms with van der Waals surface area (Å²) in [6.45, 7) is 2.13. The Morgan fingerprint density at radius 1 is 1.13 bits per heavy atom. The van der Waals surface area contributed by atoms with Crippen LogP contribution in [0.1, 0.15) is 67.8 Å². The second-order valence-electron chi connectivity index (χ2n) is 6.40. The van der Waals surface area contributed by atoms with Crippen molar-refractivity contribution in [3.05, 3.63) is 35.4 Å². The fraction of sp³-hybridized carbons (Fsp3) is 0.579. The van der Waals surface area contributed by atoms with Gasteiger partial charge in [-0.1, -0.05) is 50.5 Å². The minimum Gasteiger partial charge on any atom is -0.391 e. The quantitative estimate of drug-likeness (QED) is 0.760. The maximum atomic E-state index is 12.1. The Kier molecular flexibility index (Phi) is 6.78. The Labute approximate surface area is 138 Å². The van der Waals surface area contributed by atoms with Gasteiger partial charge in [-0.15, -0.1) is 0 Å². The number of amides is 1. The number of hydrogen-bond acceptors (Lipinski definition) is 3. The van der Waals surface area contributed by atoms with Crippen molar-refractivity contribution in [2.24, 2.45) is 0 Å². The Morgan fingerprint density at radius 3 is 2.48 bits per heavy atom.